The van der Waals surface area contributed by atoms with E-state index in [0.29, 0.717) is 13.1 Å². The van der Waals surface area contributed by atoms with Crippen LogP contribution in [-0.4, -0.2) is 53.8 Å². The van der Waals surface area contributed by atoms with Crippen molar-refractivity contribution in [2.45, 2.75) is 71.9 Å². The molecule has 1 amide bonds. The lowest BCUT2D eigenvalue weighted by Gasteiger charge is -2.41. The van der Waals surface area contributed by atoms with Gasteiger partial charge in [-0.25, -0.2) is 0 Å². The maximum absolute atomic E-state index is 12.6. The van der Waals surface area contributed by atoms with E-state index in [0.717, 1.165) is 29.2 Å². The molecule has 1 aliphatic rings. The number of piperazine rings is 1. The highest BCUT2D eigenvalue weighted by Gasteiger charge is 2.27. The Hall–Kier alpha value is -2.08. The van der Waals surface area contributed by atoms with Crippen molar-refractivity contribution in [3.8, 4) is 0 Å². The largest absolute Gasteiger partial charge is 0.460 e. The van der Waals surface area contributed by atoms with E-state index >= 15 is 0 Å². The molecule has 0 radical (unpaired) electrons. The number of Topliss-reactive ketones (excluding diaryl/α,β-unsaturated/α-hetero) is 1. The molecule has 1 aliphatic heterocycles. The van der Waals surface area contributed by atoms with Crippen LogP contribution in [0.5, 0.6) is 0 Å². The van der Waals surface area contributed by atoms with Crippen molar-refractivity contribution in [2.75, 3.05) is 24.5 Å². The van der Waals surface area contributed by atoms with Crippen molar-refractivity contribution >= 4 is 34.9 Å². The Morgan fingerprint density at radius 2 is 1.87 bits per heavy atom. The lowest BCUT2D eigenvalue weighted by atomic mass is 10.1. The van der Waals surface area contributed by atoms with Crippen LogP contribution in [0.25, 0.3) is 0 Å². The normalized spacial score (nSPS) is 17.1. The number of aryl methyl sites for hydroxylation is 1. The molecule has 0 aromatic heterocycles. The molecule has 1 atom stereocenters. The third-order valence-corrected chi connectivity index (χ3v) is 5.47. The van der Waals surface area contributed by atoms with Gasteiger partial charge in [-0.1, -0.05) is 18.5 Å². The Morgan fingerprint density at radius 1 is 1.17 bits per heavy atom. The summed E-state index contributed by atoms with van der Waals surface area (Å²) in [5, 5.41) is 0.777. The molecule has 0 N–H and O–H groups in total. The minimum absolute atomic E-state index is 0.0515. The van der Waals surface area contributed by atoms with E-state index in [2.05, 4.69) is 24.8 Å². The molecule has 0 bridgehead atoms. The van der Waals surface area contributed by atoms with E-state index in [1.165, 1.54) is 0 Å². The van der Waals surface area contributed by atoms with Gasteiger partial charge in [0, 0.05) is 49.2 Å². The molecule has 2 rings (SSSR count). The van der Waals surface area contributed by atoms with Gasteiger partial charge in [0.05, 0.1) is 0 Å². The van der Waals surface area contributed by atoms with Gasteiger partial charge in [-0.05, 0) is 57.9 Å². The van der Waals surface area contributed by atoms with Gasteiger partial charge in [0.25, 0.3) is 0 Å². The second kappa shape index (κ2) is 10.3. The van der Waals surface area contributed by atoms with E-state index in [4.69, 9.17) is 16.3 Å². The van der Waals surface area contributed by atoms with Gasteiger partial charge in [-0.3, -0.25) is 14.4 Å². The van der Waals surface area contributed by atoms with Crippen LogP contribution in [0.2, 0.25) is 5.02 Å². The van der Waals surface area contributed by atoms with E-state index in [1.807, 2.05) is 12.1 Å². The molecule has 1 saturated heterocycles. The Bertz CT molecular complexity index is 788. The van der Waals surface area contributed by atoms with Gasteiger partial charge in [-0.2, -0.15) is 0 Å². The zero-order chi connectivity index (χ0) is 22.5. The van der Waals surface area contributed by atoms with Gasteiger partial charge < -0.3 is 14.5 Å². The number of anilines is 1. The summed E-state index contributed by atoms with van der Waals surface area (Å²) in [4.78, 5) is 40.4. The highest BCUT2D eigenvalue weighted by molar-refractivity contribution is 6.31. The van der Waals surface area contributed by atoms with Gasteiger partial charge >= 0.3 is 5.97 Å². The maximum Gasteiger partial charge on any atom is 0.313 e. The predicted octanol–water partition coefficient (Wildman–Crippen LogP) is 4.02. The minimum Gasteiger partial charge on any atom is -0.460 e. The average molecular weight is 437 g/mol. The zero-order valence-corrected chi connectivity index (χ0v) is 19.4. The molecule has 1 fully saturated rings. The number of carbonyl (C=O) groups excluding carboxylic acids is 3. The molecule has 7 heteroatoms. The lowest BCUT2D eigenvalue weighted by molar-refractivity contribution is -0.156. The molecule has 0 saturated carbocycles. The lowest BCUT2D eigenvalue weighted by Crippen LogP contribution is -2.53. The molecule has 1 aromatic rings. The van der Waals surface area contributed by atoms with Crippen molar-refractivity contribution in [1.82, 2.24) is 4.90 Å². The maximum atomic E-state index is 12.6. The van der Waals surface area contributed by atoms with Crippen LogP contribution in [-0.2, 0) is 25.5 Å². The fourth-order valence-corrected chi connectivity index (χ4v) is 3.86. The first-order valence-corrected chi connectivity index (χ1v) is 10.9. The summed E-state index contributed by atoms with van der Waals surface area (Å²) in [6.07, 6.45) is 0.765. The monoisotopic (exact) mass is 436 g/mol. The molecule has 0 aliphatic carbocycles. The van der Waals surface area contributed by atoms with Crippen LogP contribution in [0.1, 0.15) is 59.4 Å². The van der Waals surface area contributed by atoms with E-state index in [9.17, 15) is 14.4 Å². The van der Waals surface area contributed by atoms with Crippen molar-refractivity contribution < 1.29 is 19.1 Å². The molecule has 0 spiro atoms. The van der Waals surface area contributed by atoms with E-state index < -0.39 is 11.6 Å². The van der Waals surface area contributed by atoms with Crippen molar-refractivity contribution in [3.63, 3.8) is 0 Å². The quantitative estimate of drug-likeness (QED) is 0.477. The number of nitrogens with zero attached hydrogens (tertiary/aromatic N) is 2. The summed E-state index contributed by atoms with van der Waals surface area (Å²) < 4.78 is 5.15. The Balaban J connectivity index is 1.84. The molecular formula is C23H33ClN2O4. The van der Waals surface area contributed by atoms with Gasteiger partial charge in [-0.15, -0.1) is 0 Å². The fraction of sp³-hybridized carbons (Fsp3) is 0.609. The summed E-state index contributed by atoms with van der Waals surface area (Å²) in [6.45, 7) is 11.4. The van der Waals surface area contributed by atoms with Crippen LogP contribution in [0.4, 0.5) is 5.69 Å². The van der Waals surface area contributed by atoms with E-state index in [1.54, 1.807) is 25.7 Å². The highest BCUT2D eigenvalue weighted by atomic mass is 35.5. The summed E-state index contributed by atoms with van der Waals surface area (Å²) in [5.41, 5.74) is 1.61. The second-order valence-electron chi connectivity index (χ2n) is 8.81. The SMILES string of the molecule is CCc1cc(N2CCN(C(=O)CCC(=O)CC(=O)OC(C)(C)C)C[C@@H]2C)ccc1Cl. The summed E-state index contributed by atoms with van der Waals surface area (Å²) >= 11 is 6.23. The topological polar surface area (TPSA) is 66.9 Å². The van der Waals surface area contributed by atoms with Gasteiger partial charge in [0.2, 0.25) is 5.91 Å². The summed E-state index contributed by atoms with van der Waals surface area (Å²) in [5.74, 6) is -0.862. The molecule has 1 aromatic carbocycles. The second-order valence-corrected chi connectivity index (χ2v) is 9.22. The zero-order valence-electron chi connectivity index (χ0n) is 18.7. The van der Waals surface area contributed by atoms with Crippen LogP contribution < -0.4 is 4.90 Å². The third kappa shape index (κ3) is 7.01. The predicted molar refractivity (Wildman–Crippen MR) is 119 cm³/mol. The molecule has 30 heavy (non-hydrogen) atoms. The van der Waals surface area contributed by atoms with Crippen molar-refractivity contribution in [1.29, 1.82) is 0 Å². The first-order valence-electron chi connectivity index (χ1n) is 10.6. The van der Waals surface area contributed by atoms with Crippen molar-refractivity contribution in [2.24, 2.45) is 0 Å². The van der Waals surface area contributed by atoms with Crippen LogP contribution >= 0.6 is 11.6 Å². The molecule has 0 unspecified atom stereocenters. The van der Waals surface area contributed by atoms with Crippen LogP contribution in [0, 0.1) is 0 Å². The number of ketones is 1. The number of halogens is 1. The standard InChI is InChI=1S/C23H33ClN2O4/c1-6-17-13-18(7-9-20(17)24)26-12-11-25(15-16(26)2)21(28)10-8-19(27)14-22(29)30-23(3,4)5/h7,9,13,16H,6,8,10-12,14-15H2,1-5H3/t16-/m0/s1. The number of benzene rings is 1. The first kappa shape index (κ1) is 24.2. The van der Waals surface area contributed by atoms with Crippen LogP contribution in [0.3, 0.4) is 0 Å². The van der Waals surface area contributed by atoms with Gasteiger partial charge in [0.15, 0.2) is 0 Å². The average Bonchev–Trinajstić information content (AvgIpc) is 2.65. The summed E-state index contributed by atoms with van der Waals surface area (Å²) in [7, 11) is 0. The molecule has 166 valence electrons. The minimum atomic E-state index is -0.620. The number of amides is 1. The first-order chi connectivity index (χ1) is 14.0. The van der Waals surface area contributed by atoms with Crippen molar-refractivity contribution in [3.05, 3.63) is 28.8 Å². The molecule has 1 heterocycles. The molecular weight excluding hydrogens is 404 g/mol. The number of rotatable bonds is 7. The fourth-order valence-electron chi connectivity index (χ4n) is 3.61. The number of ether oxygens (including phenoxy) is 1. The Kier molecular flexibility index (Phi) is 8.30. The third-order valence-electron chi connectivity index (χ3n) is 5.10. The smallest absolute Gasteiger partial charge is 0.313 e. The number of hydrogen-bond acceptors (Lipinski definition) is 5. The van der Waals surface area contributed by atoms with E-state index in [-0.39, 0.29) is 37.0 Å². The van der Waals surface area contributed by atoms with Gasteiger partial charge in [0.1, 0.15) is 17.8 Å². The summed E-state index contributed by atoms with van der Waals surface area (Å²) in [6, 6.07) is 6.22. The number of carbonyl (C=O) groups is 3. The highest BCUT2D eigenvalue weighted by Crippen LogP contribution is 2.26. The van der Waals surface area contributed by atoms with Crippen LogP contribution in [0.15, 0.2) is 18.2 Å². The number of esters is 1. The Morgan fingerprint density at radius 3 is 2.47 bits per heavy atom. The number of hydrogen-bond donors (Lipinski definition) is 0. The Labute approximate surface area is 184 Å². The molecule has 6 nitrogen and oxygen atoms in total.